The summed E-state index contributed by atoms with van der Waals surface area (Å²) in [5.41, 5.74) is 0.692. The van der Waals surface area contributed by atoms with Gasteiger partial charge in [0.05, 0.1) is 10.7 Å². The number of hydrogen-bond donors (Lipinski definition) is 3. The first kappa shape index (κ1) is 17.1. The zero-order chi connectivity index (χ0) is 18.0. The van der Waals surface area contributed by atoms with Crippen molar-refractivity contribution < 1.29 is 14.7 Å². The average Bonchev–Trinajstić information content (AvgIpc) is 2.58. The van der Waals surface area contributed by atoms with Crippen LogP contribution in [0.4, 0.5) is 11.4 Å². The summed E-state index contributed by atoms with van der Waals surface area (Å²) in [4.78, 5) is 24.3. The molecule has 0 aliphatic rings. The van der Waals surface area contributed by atoms with Gasteiger partial charge in [-0.1, -0.05) is 47.5 Å². The van der Waals surface area contributed by atoms with Gasteiger partial charge in [-0.2, -0.15) is 0 Å². The number of anilines is 2. The molecule has 7 heteroatoms. The fourth-order valence-corrected chi connectivity index (χ4v) is 2.81. The zero-order valence-corrected chi connectivity index (χ0v) is 14.2. The van der Waals surface area contributed by atoms with Crippen LogP contribution >= 0.6 is 23.2 Å². The van der Waals surface area contributed by atoms with Crippen LogP contribution in [0, 0.1) is 0 Å². The lowest BCUT2D eigenvalue weighted by molar-refractivity contribution is -0.132. The minimum Gasteiger partial charge on any atom is -0.507 e. The van der Waals surface area contributed by atoms with Crippen molar-refractivity contribution in [3.63, 3.8) is 0 Å². The molecule has 3 aromatic carbocycles. The van der Waals surface area contributed by atoms with Crippen LogP contribution in [0.5, 0.6) is 5.75 Å². The number of amides is 2. The molecule has 0 aliphatic carbocycles. The van der Waals surface area contributed by atoms with E-state index in [-0.39, 0.29) is 16.5 Å². The number of halogens is 2. The van der Waals surface area contributed by atoms with Gasteiger partial charge in [-0.05, 0) is 30.3 Å². The quantitative estimate of drug-likeness (QED) is 0.580. The molecule has 126 valence electrons. The third-order valence-electron chi connectivity index (χ3n) is 3.53. The Bertz CT molecular complexity index is 989. The van der Waals surface area contributed by atoms with E-state index in [1.165, 1.54) is 12.1 Å². The number of hydrogen-bond acceptors (Lipinski definition) is 3. The molecule has 2 amide bonds. The minimum atomic E-state index is -0.874. The molecule has 0 aromatic heterocycles. The first-order chi connectivity index (χ1) is 12.0. The van der Waals surface area contributed by atoms with Gasteiger partial charge in [0.1, 0.15) is 5.75 Å². The normalized spacial score (nSPS) is 10.5. The van der Waals surface area contributed by atoms with E-state index in [9.17, 15) is 14.7 Å². The van der Waals surface area contributed by atoms with E-state index in [0.29, 0.717) is 21.5 Å². The van der Waals surface area contributed by atoms with Crippen LogP contribution in [0.1, 0.15) is 0 Å². The number of nitrogens with one attached hydrogen (secondary N) is 2. The van der Waals surface area contributed by atoms with Crippen molar-refractivity contribution >= 4 is 57.2 Å². The molecule has 0 spiro atoms. The topological polar surface area (TPSA) is 78.4 Å². The lowest BCUT2D eigenvalue weighted by Crippen LogP contribution is -2.29. The second kappa shape index (κ2) is 7.01. The number of aromatic hydroxyl groups is 1. The molecule has 3 rings (SSSR count). The van der Waals surface area contributed by atoms with Crippen LogP contribution in [0.25, 0.3) is 10.8 Å². The largest absolute Gasteiger partial charge is 0.507 e. The predicted octanol–water partition coefficient (Wildman–Crippen LogP) is 4.43. The standard InChI is InChI=1S/C18H12Cl2N2O3/c19-10-7-8-15(13(20)9-10)22-18(25)17(24)21-14-5-1-4-12-11(14)3-2-6-16(12)23/h1-9,23H,(H,21,24)(H,22,25). The van der Waals surface area contributed by atoms with Crippen molar-refractivity contribution in [2.75, 3.05) is 10.6 Å². The summed E-state index contributed by atoms with van der Waals surface area (Å²) in [6.45, 7) is 0. The number of carbonyl (C=O) groups excluding carboxylic acids is 2. The van der Waals surface area contributed by atoms with E-state index >= 15 is 0 Å². The number of phenolic OH excluding ortho intramolecular Hbond substituents is 1. The second-order valence-corrected chi connectivity index (χ2v) is 6.05. The Morgan fingerprint density at radius 1 is 0.800 bits per heavy atom. The minimum absolute atomic E-state index is 0.0889. The summed E-state index contributed by atoms with van der Waals surface area (Å²) in [5.74, 6) is -1.64. The van der Waals surface area contributed by atoms with Crippen molar-refractivity contribution in [1.82, 2.24) is 0 Å². The zero-order valence-electron chi connectivity index (χ0n) is 12.7. The van der Waals surface area contributed by atoms with Gasteiger partial charge in [-0.25, -0.2) is 0 Å². The van der Waals surface area contributed by atoms with Crippen molar-refractivity contribution in [3.8, 4) is 5.75 Å². The highest BCUT2D eigenvalue weighted by molar-refractivity contribution is 6.45. The van der Waals surface area contributed by atoms with Gasteiger partial charge in [0, 0.05) is 21.5 Å². The molecular formula is C18H12Cl2N2O3. The fourth-order valence-electron chi connectivity index (χ4n) is 2.35. The molecule has 0 unspecified atom stereocenters. The van der Waals surface area contributed by atoms with Crippen molar-refractivity contribution in [1.29, 1.82) is 0 Å². The number of benzene rings is 3. The van der Waals surface area contributed by atoms with Gasteiger partial charge in [0.15, 0.2) is 0 Å². The number of fused-ring (bicyclic) bond motifs is 1. The summed E-state index contributed by atoms with van der Waals surface area (Å²) in [7, 11) is 0. The molecule has 0 radical (unpaired) electrons. The number of carbonyl (C=O) groups is 2. The maximum Gasteiger partial charge on any atom is 0.314 e. The first-order valence-electron chi connectivity index (χ1n) is 7.24. The van der Waals surface area contributed by atoms with Crippen LogP contribution in [0.3, 0.4) is 0 Å². The molecule has 5 nitrogen and oxygen atoms in total. The monoisotopic (exact) mass is 374 g/mol. The van der Waals surface area contributed by atoms with Crippen molar-refractivity contribution in [3.05, 3.63) is 64.6 Å². The molecular weight excluding hydrogens is 363 g/mol. The SMILES string of the molecule is O=C(Nc1ccc(Cl)cc1Cl)C(=O)Nc1cccc2c(O)cccc12. The molecule has 0 fully saturated rings. The van der Waals surface area contributed by atoms with Crippen LogP contribution in [-0.2, 0) is 9.59 Å². The summed E-state index contributed by atoms with van der Waals surface area (Å²) in [5, 5.41) is 16.7. The number of rotatable bonds is 2. The van der Waals surface area contributed by atoms with Crippen LogP contribution in [0.15, 0.2) is 54.6 Å². The molecule has 0 atom stereocenters. The summed E-state index contributed by atoms with van der Waals surface area (Å²) in [6, 6.07) is 14.5. The fraction of sp³-hybridized carbons (Fsp3) is 0. The highest BCUT2D eigenvalue weighted by Crippen LogP contribution is 2.30. The Labute approximate surface area is 153 Å². The van der Waals surface area contributed by atoms with E-state index in [1.807, 2.05) is 0 Å². The average molecular weight is 375 g/mol. The molecule has 0 saturated heterocycles. The Kier molecular flexibility index (Phi) is 4.79. The van der Waals surface area contributed by atoms with E-state index < -0.39 is 11.8 Å². The highest BCUT2D eigenvalue weighted by Gasteiger charge is 2.17. The van der Waals surface area contributed by atoms with Gasteiger partial charge in [0.2, 0.25) is 0 Å². The first-order valence-corrected chi connectivity index (χ1v) is 7.99. The molecule has 3 aromatic rings. The lowest BCUT2D eigenvalue weighted by Gasteiger charge is -2.10. The van der Waals surface area contributed by atoms with E-state index in [0.717, 1.165) is 0 Å². The molecule has 0 heterocycles. The molecule has 0 aliphatic heterocycles. The van der Waals surface area contributed by atoms with E-state index in [1.54, 1.807) is 42.5 Å². The van der Waals surface area contributed by atoms with Gasteiger partial charge < -0.3 is 15.7 Å². The summed E-state index contributed by atoms with van der Waals surface area (Å²) >= 11 is 11.8. The third-order valence-corrected chi connectivity index (χ3v) is 4.08. The molecule has 0 saturated carbocycles. The van der Waals surface area contributed by atoms with Crippen LogP contribution < -0.4 is 10.6 Å². The Morgan fingerprint density at radius 2 is 1.44 bits per heavy atom. The van der Waals surface area contributed by atoms with Crippen LogP contribution in [-0.4, -0.2) is 16.9 Å². The Balaban J connectivity index is 1.80. The van der Waals surface area contributed by atoms with Crippen molar-refractivity contribution in [2.45, 2.75) is 0 Å². The van der Waals surface area contributed by atoms with Crippen LogP contribution in [0.2, 0.25) is 10.0 Å². The smallest absolute Gasteiger partial charge is 0.314 e. The Hall–Kier alpha value is -2.76. The number of phenols is 1. The van der Waals surface area contributed by atoms with E-state index in [2.05, 4.69) is 10.6 Å². The third kappa shape index (κ3) is 3.68. The van der Waals surface area contributed by atoms with Crippen molar-refractivity contribution in [2.24, 2.45) is 0 Å². The molecule has 3 N–H and O–H groups in total. The summed E-state index contributed by atoms with van der Waals surface area (Å²) in [6.07, 6.45) is 0. The second-order valence-electron chi connectivity index (χ2n) is 5.21. The van der Waals surface area contributed by atoms with Gasteiger partial charge >= 0.3 is 11.8 Å². The Morgan fingerprint density at radius 3 is 2.16 bits per heavy atom. The molecule has 25 heavy (non-hydrogen) atoms. The summed E-state index contributed by atoms with van der Waals surface area (Å²) < 4.78 is 0. The van der Waals surface area contributed by atoms with Gasteiger partial charge in [-0.3, -0.25) is 9.59 Å². The highest BCUT2D eigenvalue weighted by atomic mass is 35.5. The molecule has 0 bridgehead atoms. The maximum atomic E-state index is 12.2. The lowest BCUT2D eigenvalue weighted by atomic mass is 10.1. The van der Waals surface area contributed by atoms with Gasteiger partial charge in [0.25, 0.3) is 0 Å². The predicted molar refractivity (Wildman–Crippen MR) is 99.3 cm³/mol. The maximum absolute atomic E-state index is 12.2. The van der Waals surface area contributed by atoms with E-state index in [4.69, 9.17) is 23.2 Å². The van der Waals surface area contributed by atoms with Gasteiger partial charge in [-0.15, -0.1) is 0 Å².